The van der Waals surface area contributed by atoms with Gasteiger partial charge in [0.1, 0.15) is 0 Å². The zero-order valence-corrected chi connectivity index (χ0v) is 12.1. The van der Waals surface area contributed by atoms with Crippen molar-refractivity contribution in [2.45, 2.75) is 30.5 Å². The summed E-state index contributed by atoms with van der Waals surface area (Å²) in [6, 6.07) is 6.01. The first-order chi connectivity index (χ1) is 9.75. The van der Waals surface area contributed by atoms with E-state index in [0.29, 0.717) is 5.56 Å². The van der Waals surface area contributed by atoms with Crippen LogP contribution in [-0.4, -0.2) is 32.0 Å². The Hall–Kier alpha value is -1.12. The molecule has 0 aromatic heterocycles. The van der Waals surface area contributed by atoms with Crippen LogP contribution >= 0.6 is 0 Å². The molecule has 1 atom stereocenters. The molecule has 1 aliphatic rings. The van der Waals surface area contributed by atoms with E-state index in [1.54, 1.807) is 12.1 Å². The molecule has 0 spiro atoms. The van der Waals surface area contributed by atoms with Crippen LogP contribution in [0.25, 0.3) is 0 Å². The first-order valence-electron chi connectivity index (χ1n) is 6.61. The number of rotatable bonds is 3. The van der Waals surface area contributed by atoms with Gasteiger partial charge in [0.15, 0.2) is 0 Å². The van der Waals surface area contributed by atoms with Crippen LogP contribution in [0.4, 0.5) is 13.2 Å². The quantitative estimate of drug-likeness (QED) is 0.927. The lowest BCUT2D eigenvalue weighted by molar-refractivity contribution is -0.182. The molecule has 1 saturated heterocycles. The summed E-state index contributed by atoms with van der Waals surface area (Å²) in [6.45, 7) is -0.227. The molecule has 1 aliphatic heterocycles. The maximum atomic E-state index is 12.8. The van der Waals surface area contributed by atoms with E-state index in [0.717, 1.165) is 4.31 Å². The Bertz CT molecular complexity index is 602. The molecule has 1 heterocycles. The van der Waals surface area contributed by atoms with Gasteiger partial charge in [-0.3, -0.25) is 0 Å². The lowest BCUT2D eigenvalue weighted by Gasteiger charge is -2.32. The van der Waals surface area contributed by atoms with Crippen LogP contribution in [0.15, 0.2) is 29.2 Å². The van der Waals surface area contributed by atoms with Gasteiger partial charge in [0.2, 0.25) is 10.0 Å². The van der Waals surface area contributed by atoms with Gasteiger partial charge in [-0.2, -0.15) is 17.5 Å². The van der Waals surface area contributed by atoms with Gasteiger partial charge in [0.25, 0.3) is 0 Å². The first kappa shape index (κ1) is 16.3. The molecule has 0 amide bonds. The summed E-state index contributed by atoms with van der Waals surface area (Å²) in [5, 5.41) is 0. The molecule has 2 rings (SSSR count). The zero-order chi connectivity index (χ0) is 15.7. The topological polar surface area (TPSA) is 63.4 Å². The van der Waals surface area contributed by atoms with Crippen LogP contribution in [0.5, 0.6) is 0 Å². The summed E-state index contributed by atoms with van der Waals surface area (Å²) in [7, 11) is -3.91. The molecule has 1 aromatic rings. The van der Waals surface area contributed by atoms with Gasteiger partial charge in [-0.05, 0) is 30.5 Å². The highest BCUT2D eigenvalue weighted by Crippen LogP contribution is 2.35. The Morgan fingerprint density at radius 3 is 2.67 bits per heavy atom. The number of benzene rings is 1. The van der Waals surface area contributed by atoms with E-state index in [1.165, 1.54) is 12.1 Å². The van der Waals surface area contributed by atoms with Crippen molar-refractivity contribution in [1.29, 1.82) is 0 Å². The molecule has 0 radical (unpaired) electrons. The Morgan fingerprint density at radius 1 is 1.33 bits per heavy atom. The molecule has 0 saturated carbocycles. The Labute approximate surface area is 121 Å². The normalized spacial score (nSPS) is 21.4. The molecule has 0 bridgehead atoms. The molecule has 8 heteroatoms. The monoisotopic (exact) mass is 322 g/mol. The summed E-state index contributed by atoms with van der Waals surface area (Å²) >= 11 is 0. The maximum absolute atomic E-state index is 12.8. The van der Waals surface area contributed by atoms with E-state index in [4.69, 9.17) is 5.73 Å². The third-order valence-corrected chi connectivity index (χ3v) is 5.48. The van der Waals surface area contributed by atoms with Crippen LogP contribution in [0, 0.1) is 5.92 Å². The van der Waals surface area contributed by atoms with E-state index in [2.05, 4.69) is 0 Å². The smallest absolute Gasteiger partial charge is 0.326 e. The third-order valence-electron chi connectivity index (χ3n) is 3.62. The minimum absolute atomic E-state index is 0.00623. The number of nitrogens with zero attached hydrogens (tertiary/aromatic N) is 1. The molecular weight excluding hydrogens is 305 g/mol. The van der Waals surface area contributed by atoms with Gasteiger partial charge in [0, 0.05) is 19.6 Å². The summed E-state index contributed by atoms with van der Waals surface area (Å²) in [5.74, 6) is -1.60. The van der Waals surface area contributed by atoms with E-state index in [1.807, 2.05) is 0 Å². The molecule has 118 valence electrons. The first-order valence-corrected chi connectivity index (χ1v) is 8.05. The van der Waals surface area contributed by atoms with Gasteiger partial charge < -0.3 is 5.73 Å². The van der Waals surface area contributed by atoms with Gasteiger partial charge in [-0.1, -0.05) is 12.1 Å². The van der Waals surface area contributed by atoms with Crippen molar-refractivity contribution in [2.75, 3.05) is 13.1 Å². The van der Waals surface area contributed by atoms with Crippen molar-refractivity contribution in [3.8, 4) is 0 Å². The van der Waals surface area contributed by atoms with E-state index >= 15 is 0 Å². The average molecular weight is 322 g/mol. The van der Waals surface area contributed by atoms with Gasteiger partial charge in [0.05, 0.1) is 10.8 Å². The fourth-order valence-corrected chi connectivity index (χ4v) is 4.00. The second-order valence-electron chi connectivity index (χ2n) is 5.10. The van der Waals surface area contributed by atoms with Crippen LogP contribution < -0.4 is 5.73 Å². The second kappa shape index (κ2) is 5.94. The number of alkyl halides is 3. The fourth-order valence-electron chi connectivity index (χ4n) is 2.41. The minimum atomic E-state index is -4.37. The third kappa shape index (κ3) is 3.56. The Kier molecular flexibility index (Phi) is 4.60. The Balaban J connectivity index is 2.26. The summed E-state index contributed by atoms with van der Waals surface area (Å²) in [6.07, 6.45) is -4.19. The minimum Gasteiger partial charge on any atom is -0.326 e. The highest BCUT2D eigenvalue weighted by Gasteiger charge is 2.44. The van der Waals surface area contributed by atoms with Crippen LogP contribution in [0.3, 0.4) is 0 Å². The van der Waals surface area contributed by atoms with E-state index in [-0.39, 0.29) is 30.8 Å². The molecule has 1 fully saturated rings. The van der Waals surface area contributed by atoms with Crippen molar-refractivity contribution in [3.63, 3.8) is 0 Å². The summed E-state index contributed by atoms with van der Waals surface area (Å²) in [4.78, 5) is -0.00623. The van der Waals surface area contributed by atoms with Crippen molar-refractivity contribution < 1.29 is 21.6 Å². The van der Waals surface area contributed by atoms with Gasteiger partial charge in [-0.15, -0.1) is 0 Å². The van der Waals surface area contributed by atoms with Crippen molar-refractivity contribution >= 4 is 10.0 Å². The highest BCUT2D eigenvalue weighted by atomic mass is 32.2. The Morgan fingerprint density at radius 2 is 2.05 bits per heavy atom. The van der Waals surface area contributed by atoms with Crippen LogP contribution in [-0.2, 0) is 16.6 Å². The fraction of sp³-hybridized carbons (Fsp3) is 0.538. The summed E-state index contributed by atoms with van der Waals surface area (Å²) in [5.41, 5.74) is 6.09. The molecule has 21 heavy (non-hydrogen) atoms. The number of hydrogen-bond donors (Lipinski definition) is 1. The molecular formula is C13H17F3N2O2S. The number of halogens is 3. The average Bonchev–Trinajstić information content (AvgIpc) is 2.46. The van der Waals surface area contributed by atoms with E-state index in [9.17, 15) is 21.6 Å². The van der Waals surface area contributed by atoms with Crippen LogP contribution in [0.2, 0.25) is 0 Å². The second-order valence-corrected chi connectivity index (χ2v) is 7.03. The van der Waals surface area contributed by atoms with Crippen molar-refractivity contribution in [3.05, 3.63) is 29.8 Å². The molecule has 2 N–H and O–H groups in total. The van der Waals surface area contributed by atoms with Crippen molar-refractivity contribution in [2.24, 2.45) is 11.7 Å². The largest absolute Gasteiger partial charge is 0.393 e. The maximum Gasteiger partial charge on any atom is 0.393 e. The highest BCUT2D eigenvalue weighted by molar-refractivity contribution is 7.89. The van der Waals surface area contributed by atoms with Crippen molar-refractivity contribution in [1.82, 2.24) is 4.31 Å². The molecule has 1 unspecified atom stereocenters. The van der Waals surface area contributed by atoms with Gasteiger partial charge in [-0.25, -0.2) is 8.42 Å². The lowest BCUT2D eigenvalue weighted by Crippen LogP contribution is -2.44. The van der Waals surface area contributed by atoms with E-state index < -0.39 is 28.7 Å². The lowest BCUT2D eigenvalue weighted by atomic mass is 9.99. The number of piperidine rings is 1. The predicted octanol–water partition coefficient (Wildman–Crippen LogP) is 2.11. The number of sulfonamides is 1. The zero-order valence-electron chi connectivity index (χ0n) is 11.3. The standard InChI is InChI=1S/C13H17F3N2O2S/c14-13(15,16)11-4-2-6-18(9-11)21(19,20)12-5-1-3-10(7-12)8-17/h1,3,5,7,11H,2,4,6,8-9,17H2. The summed E-state index contributed by atoms with van der Waals surface area (Å²) < 4.78 is 64.2. The number of hydrogen-bond acceptors (Lipinski definition) is 3. The molecule has 0 aliphatic carbocycles. The number of nitrogens with two attached hydrogens (primary N) is 1. The van der Waals surface area contributed by atoms with Crippen LogP contribution in [0.1, 0.15) is 18.4 Å². The predicted molar refractivity (Wildman–Crippen MR) is 71.9 cm³/mol. The SMILES string of the molecule is NCc1cccc(S(=O)(=O)N2CCCC(C(F)(F)F)C2)c1. The molecule has 1 aromatic carbocycles. The van der Waals surface area contributed by atoms with Gasteiger partial charge >= 0.3 is 6.18 Å². The molecule has 4 nitrogen and oxygen atoms in total.